The molecule has 0 aliphatic heterocycles. The summed E-state index contributed by atoms with van der Waals surface area (Å²) in [5.41, 5.74) is 1.41. The molecule has 2 aromatic rings. The van der Waals surface area contributed by atoms with Gasteiger partial charge in [0.1, 0.15) is 0 Å². The van der Waals surface area contributed by atoms with Gasteiger partial charge < -0.3 is 13.3 Å². The predicted octanol–water partition coefficient (Wildman–Crippen LogP) is 5.00. The van der Waals surface area contributed by atoms with Gasteiger partial charge in [-0.05, 0) is 42.3 Å². The van der Waals surface area contributed by atoms with Crippen molar-refractivity contribution in [3.8, 4) is 0 Å². The van der Waals surface area contributed by atoms with Crippen LogP contribution in [0.5, 0.6) is 0 Å². The predicted molar refractivity (Wildman–Crippen MR) is 105 cm³/mol. The fourth-order valence-electron chi connectivity index (χ4n) is 3.22. The van der Waals surface area contributed by atoms with E-state index < -0.39 is 8.80 Å². The molecule has 1 heterocycles. The standard InChI is InChI=1S/C20H31NO3Si/c1-22-25(23-2,24-3)15-9-7-5-4-6-8-10-18-11-12-19-13-14-21-17-20(19)16-18/h11-14,16-17H,4-10,15H2,1-3H3. The lowest BCUT2D eigenvalue weighted by Gasteiger charge is -2.24. The minimum absolute atomic E-state index is 0.904. The molecule has 0 N–H and O–H groups in total. The third-order valence-electron chi connectivity index (χ3n) is 4.84. The normalized spacial score (nSPS) is 12.0. The number of aryl methyl sites for hydroxylation is 1. The van der Waals surface area contributed by atoms with Gasteiger partial charge in [-0.15, -0.1) is 0 Å². The third-order valence-corrected chi connectivity index (χ3v) is 7.67. The second kappa shape index (κ2) is 10.7. The van der Waals surface area contributed by atoms with Crippen molar-refractivity contribution in [2.75, 3.05) is 21.3 Å². The van der Waals surface area contributed by atoms with E-state index in [1.165, 1.54) is 48.4 Å². The zero-order valence-electron chi connectivity index (χ0n) is 15.8. The molecule has 0 unspecified atom stereocenters. The Morgan fingerprint density at radius 2 is 1.48 bits per heavy atom. The summed E-state index contributed by atoms with van der Waals surface area (Å²) < 4.78 is 16.4. The van der Waals surface area contributed by atoms with Crippen LogP contribution in [0.25, 0.3) is 10.8 Å². The monoisotopic (exact) mass is 361 g/mol. The van der Waals surface area contributed by atoms with Crippen LogP contribution < -0.4 is 0 Å². The first-order valence-corrected chi connectivity index (χ1v) is 11.1. The Bertz CT molecular complexity index is 623. The van der Waals surface area contributed by atoms with E-state index in [0.29, 0.717) is 0 Å². The molecule has 1 aromatic carbocycles. The van der Waals surface area contributed by atoms with Gasteiger partial charge >= 0.3 is 8.80 Å². The summed E-state index contributed by atoms with van der Waals surface area (Å²) in [6, 6.07) is 9.68. The minimum atomic E-state index is -2.36. The Morgan fingerprint density at radius 1 is 0.800 bits per heavy atom. The molecule has 0 spiro atoms. The molecule has 0 fully saturated rings. The number of fused-ring (bicyclic) bond motifs is 1. The molecule has 0 bridgehead atoms. The Kier molecular flexibility index (Phi) is 8.55. The van der Waals surface area contributed by atoms with E-state index in [1.807, 2.05) is 12.4 Å². The lowest BCUT2D eigenvalue weighted by atomic mass is 10.0. The summed E-state index contributed by atoms with van der Waals surface area (Å²) in [7, 11) is 2.68. The molecule has 5 heteroatoms. The Labute approximate surface area is 152 Å². The van der Waals surface area contributed by atoms with Gasteiger partial charge in [-0.3, -0.25) is 4.98 Å². The molecule has 25 heavy (non-hydrogen) atoms. The Hall–Kier alpha value is -1.27. The van der Waals surface area contributed by atoms with Crippen LogP contribution in [-0.4, -0.2) is 35.1 Å². The zero-order chi connectivity index (χ0) is 18.0. The lowest BCUT2D eigenvalue weighted by molar-refractivity contribution is 0.122. The number of nitrogens with zero attached hydrogens (tertiary/aromatic N) is 1. The minimum Gasteiger partial charge on any atom is -0.377 e. The maximum Gasteiger partial charge on any atom is 0.500 e. The lowest BCUT2D eigenvalue weighted by Crippen LogP contribution is -2.42. The SMILES string of the molecule is CO[Si](CCCCCCCCc1ccc2ccncc2c1)(OC)OC. The van der Waals surface area contributed by atoms with Crippen molar-refractivity contribution in [3.63, 3.8) is 0 Å². The molecule has 0 saturated heterocycles. The number of unbranched alkanes of at least 4 members (excludes halogenated alkanes) is 5. The van der Waals surface area contributed by atoms with Gasteiger partial charge in [-0.2, -0.15) is 0 Å². The van der Waals surface area contributed by atoms with Crippen molar-refractivity contribution >= 4 is 19.6 Å². The van der Waals surface area contributed by atoms with Gasteiger partial charge in [-0.1, -0.05) is 37.8 Å². The molecular weight excluding hydrogens is 330 g/mol. The summed E-state index contributed by atoms with van der Waals surface area (Å²) >= 11 is 0. The first-order valence-electron chi connectivity index (χ1n) is 9.21. The van der Waals surface area contributed by atoms with Crippen LogP contribution in [0.15, 0.2) is 36.7 Å². The summed E-state index contributed by atoms with van der Waals surface area (Å²) in [6.45, 7) is 0. The fourth-order valence-corrected chi connectivity index (χ4v) is 5.02. The highest BCUT2D eigenvalue weighted by molar-refractivity contribution is 6.60. The van der Waals surface area contributed by atoms with Crippen molar-refractivity contribution in [1.29, 1.82) is 0 Å². The maximum atomic E-state index is 5.45. The van der Waals surface area contributed by atoms with Crippen LogP contribution in [0.4, 0.5) is 0 Å². The largest absolute Gasteiger partial charge is 0.500 e. The van der Waals surface area contributed by atoms with Crippen LogP contribution in [0.3, 0.4) is 0 Å². The van der Waals surface area contributed by atoms with Gasteiger partial charge in [0.05, 0.1) is 0 Å². The van der Waals surface area contributed by atoms with Crippen LogP contribution in [0.1, 0.15) is 44.1 Å². The van der Waals surface area contributed by atoms with E-state index >= 15 is 0 Å². The van der Waals surface area contributed by atoms with Crippen LogP contribution >= 0.6 is 0 Å². The van der Waals surface area contributed by atoms with Gasteiger partial charge in [0.2, 0.25) is 0 Å². The summed E-state index contributed by atoms with van der Waals surface area (Å²) in [6.07, 6.45) is 12.4. The summed E-state index contributed by atoms with van der Waals surface area (Å²) in [4.78, 5) is 4.20. The average Bonchev–Trinajstić information content (AvgIpc) is 2.67. The van der Waals surface area contributed by atoms with E-state index in [2.05, 4.69) is 29.2 Å². The smallest absolute Gasteiger partial charge is 0.377 e. The number of benzene rings is 1. The Morgan fingerprint density at radius 3 is 2.20 bits per heavy atom. The van der Waals surface area contributed by atoms with E-state index in [4.69, 9.17) is 13.3 Å². The van der Waals surface area contributed by atoms with Gasteiger partial charge in [0.25, 0.3) is 0 Å². The number of aromatic nitrogens is 1. The van der Waals surface area contributed by atoms with Crippen molar-refractivity contribution in [2.24, 2.45) is 0 Å². The van der Waals surface area contributed by atoms with E-state index in [0.717, 1.165) is 18.9 Å². The molecule has 1 aromatic heterocycles. The number of hydrogen-bond acceptors (Lipinski definition) is 4. The molecular formula is C20H31NO3Si. The van der Waals surface area contributed by atoms with Crippen molar-refractivity contribution in [1.82, 2.24) is 4.98 Å². The molecule has 0 aliphatic rings. The van der Waals surface area contributed by atoms with Crippen LogP contribution in [-0.2, 0) is 19.7 Å². The second-order valence-corrected chi connectivity index (χ2v) is 9.56. The number of hydrogen-bond donors (Lipinski definition) is 0. The van der Waals surface area contributed by atoms with Crippen molar-refractivity contribution < 1.29 is 13.3 Å². The molecule has 2 rings (SSSR count). The maximum absolute atomic E-state index is 5.45. The molecule has 0 saturated carbocycles. The third kappa shape index (κ3) is 6.19. The number of rotatable bonds is 12. The summed E-state index contributed by atoms with van der Waals surface area (Å²) in [5.74, 6) is 0. The molecule has 138 valence electrons. The second-order valence-electron chi connectivity index (χ2n) is 6.47. The van der Waals surface area contributed by atoms with E-state index in [1.54, 1.807) is 21.3 Å². The highest BCUT2D eigenvalue weighted by Gasteiger charge is 2.36. The highest BCUT2D eigenvalue weighted by Crippen LogP contribution is 2.19. The zero-order valence-corrected chi connectivity index (χ0v) is 16.8. The molecule has 0 aliphatic carbocycles. The molecule has 4 nitrogen and oxygen atoms in total. The van der Waals surface area contributed by atoms with Crippen LogP contribution in [0.2, 0.25) is 6.04 Å². The fraction of sp³-hybridized carbons (Fsp3) is 0.550. The van der Waals surface area contributed by atoms with Crippen molar-refractivity contribution in [3.05, 3.63) is 42.2 Å². The van der Waals surface area contributed by atoms with Crippen LogP contribution in [0, 0.1) is 0 Å². The van der Waals surface area contributed by atoms with E-state index in [9.17, 15) is 0 Å². The molecule has 0 radical (unpaired) electrons. The van der Waals surface area contributed by atoms with E-state index in [-0.39, 0.29) is 0 Å². The summed E-state index contributed by atoms with van der Waals surface area (Å²) in [5, 5.41) is 2.50. The number of pyridine rings is 1. The van der Waals surface area contributed by atoms with Gasteiger partial charge in [-0.25, -0.2) is 0 Å². The Balaban J connectivity index is 1.58. The van der Waals surface area contributed by atoms with Crippen molar-refractivity contribution in [2.45, 2.75) is 51.0 Å². The quantitative estimate of drug-likeness (QED) is 0.394. The van der Waals surface area contributed by atoms with Gasteiger partial charge in [0.15, 0.2) is 0 Å². The molecule has 0 atom stereocenters. The molecule has 0 amide bonds. The topological polar surface area (TPSA) is 40.6 Å². The first kappa shape index (κ1) is 20.0. The van der Waals surface area contributed by atoms with Gasteiger partial charge in [0, 0.05) is 45.2 Å². The average molecular weight is 362 g/mol. The first-order chi connectivity index (χ1) is 12.2. The highest BCUT2D eigenvalue weighted by atomic mass is 28.4.